The molecule has 4 amide bonds. The van der Waals surface area contributed by atoms with Gasteiger partial charge in [0.05, 0.1) is 18.8 Å². The molecule has 25 heteroatoms. The predicted octanol–water partition coefficient (Wildman–Crippen LogP) is -4.13. The van der Waals surface area contributed by atoms with Crippen LogP contribution in [0.25, 0.3) is 0 Å². The average Bonchev–Trinajstić information content (AvgIpc) is 3.19. The Hall–Kier alpha value is -4.06. The molecular weight excluding hydrogens is 927 g/mol. The van der Waals surface area contributed by atoms with Gasteiger partial charge in [-0.1, -0.05) is 5.69 Å². The summed E-state index contributed by atoms with van der Waals surface area (Å²) >= 11 is 0.968. The molecule has 1 fully saturated rings. The van der Waals surface area contributed by atoms with E-state index in [1.165, 1.54) is 4.90 Å². The second kappa shape index (κ2) is 30.0. The van der Waals surface area contributed by atoms with Crippen molar-refractivity contribution in [1.29, 1.82) is 0 Å². The van der Waals surface area contributed by atoms with Crippen LogP contribution in [-0.4, -0.2) is 193 Å². The molecule has 1 unspecified atom stereocenters. The number of nitrogens with one attached hydrogen (secondary N) is 4. The first-order valence-electron chi connectivity index (χ1n) is 17.0. The smallest absolute Gasteiger partial charge is 0.326 e. The molecule has 1 saturated heterocycles. The molecule has 23 nitrogen and oxygen atoms in total. The minimum Gasteiger partial charge on any atom is -0.480 e. The maximum absolute atomic E-state index is 12.8. The van der Waals surface area contributed by atoms with E-state index in [0.29, 0.717) is 5.69 Å². The summed E-state index contributed by atoms with van der Waals surface area (Å²) in [5.74, 6) is -9.58. The molecule has 0 bridgehead atoms. The third-order valence-electron chi connectivity index (χ3n) is 8.11. The molecule has 2 rings (SSSR count). The van der Waals surface area contributed by atoms with Gasteiger partial charge in [0.15, 0.2) is 0 Å². The molecule has 1 aliphatic heterocycles. The minimum atomic E-state index is -1.59. The molecule has 0 aromatic heterocycles. The fourth-order valence-corrected chi connectivity index (χ4v) is 6.22. The van der Waals surface area contributed by atoms with Gasteiger partial charge in [-0.05, 0) is 12.8 Å². The number of anilines is 1. The van der Waals surface area contributed by atoms with Crippen molar-refractivity contribution in [2.45, 2.75) is 43.8 Å². The molecule has 1 aromatic rings. The van der Waals surface area contributed by atoms with Crippen molar-refractivity contribution in [2.24, 2.45) is 0 Å². The van der Waals surface area contributed by atoms with Gasteiger partial charge in [0, 0.05) is 98.3 Å². The van der Waals surface area contributed by atoms with Crippen molar-refractivity contribution in [1.82, 2.24) is 30.7 Å². The van der Waals surface area contributed by atoms with Gasteiger partial charge in [-0.15, -0.1) is 23.9 Å². The van der Waals surface area contributed by atoms with Crippen molar-refractivity contribution >= 4 is 70.9 Å². The van der Waals surface area contributed by atoms with Crippen molar-refractivity contribution in [2.75, 3.05) is 75.7 Å². The van der Waals surface area contributed by atoms with Gasteiger partial charge in [-0.2, -0.15) is 18.2 Å². The standard InChI is InChI=1S/C33H46N7O14S.2H2O.Pm/c41-25(37-23(31(50)34-16-28(44)45)19-55-20-27(43)35-21-4-2-1-3-5-21)8-6-22(32(51)52)36-26(42)9-7-24(33(53)54)40-14-12-38(17-29(46)47)10-11-39(13-15-40)18-30(48)49;;;/h2-5,22-24H,6-20H2,(H,34,50)(H,35,43)(H,36,42)(H,37,41)(H,44,45)(H,46,47)(H,48,49)(H,51,52)(H,53,54);2*1H2;/q-1;;;/t22-,23-,24?;;;/m0.../s1. The van der Waals surface area contributed by atoms with Crippen LogP contribution in [0.15, 0.2) is 24.3 Å². The molecule has 325 valence electrons. The normalized spacial score (nSPS) is 15.0. The zero-order valence-electron chi connectivity index (χ0n) is 31.3. The van der Waals surface area contributed by atoms with Gasteiger partial charge >= 0.3 is 29.8 Å². The Kier molecular flexibility index (Phi) is 29.0. The molecule has 13 N–H and O–H groups in total. The summed E-state index contributed by atoms with van der Waals surface area (Å²) in [5, 5.41) is 56.6. The van der Waals surface area contributed by atoms with E-state index in [-0.39, 0.29) is 122 Å². The van der Waals surface area contributed by atoms with Crippen molar-refractivity contribution in [3.05, 3.63) is 30.3 Å². The van der Waals surface area contributed by atoms with Gasteiger partial charge in [0.2, 0.25) is 23.6 Å². The topological polar surface area (TPSA) is 376 Å². The van der Waals surface area contributed by atoms with E-state index in [4.69, 9.17) is 5.11 Å². The largest absolute Gasteiger partial charge is 0.480 e. The quantitative estimate of drug-likeness (QED) is 0.0470. The van der Waals surface area contributed by atoms with Crippen LogP contribution in [0.1, 0.15) is 25.7 Å². The third kappa shape index (κ3) is 23.4. The SMILES string of the molecule is O.O.O=C(O)CNC(=O)[C@H](CSCC(=O)Nc1cc[c-]cc1)NC(=O)CC[C@H](NC(=O)CCC(C(=O)O)N1CCN(CC(=O)O)CCN(CC(=O)O)CC1)C(=O)O.[Pm]. The number of thioether (sulfide) groups is 1. The summed E-state index contributed by atoms with van der Waals surface area (Å²) in [6, 6.07) is 5.06. The number of aliphatic carboxylic acids is 5. The van der Waals surface area contributed by atoms with Gasteiger partial charge in [0.25, 0.3) is 0 Å². The van der Waals surface area contributed by atoms with E-state index in [2.05, 4.69) is 27.3 Å². The van der Waals surface area contributed by atoms with Crippen LogP contribution in [-0.2, 0) is 43.2 Å². The Balaban J connectivity index is 0. The van der Waals surface area contributed by atoms with Gasteiger partial charge in [-0.3, -0.25) is 53.1 Å². The summed E-state index contributed by atoms with van der Waals surface area (Å²) in [6.07, 6.45) is -1.66. The van der Waals surface area contributed by atoms with E-state index in [1.54, 1.807) is 34.1 Å². The third-order valence-corrected chi connectivity index (χ3v) is 9.14. The van der Waals surface area contributed by atoms with E-state index in [0.717, 1.165) is 11.8 Å². The molecule has 0 aliphatic carbocycles. The number of amides is 4. The molecule has 1 aliphatic rings. The number of benzene rings is 1. The van der Waals surface area contributed by atoms with E-state index < -0.39 is 97.4 Å². The summed E-state index contributed by atoms with van der Waals surface area (Å²) < 4.78 is 0. The maximum Gasteiger partial charge on any atom is 0.326 e. The fourth-order valence-electron chi connectivity index (χ4n) is 5.37. The van der Waals surface area contributed by atoms with Crippen molar-refractivity contribution in [3.8, 4) is 0 Å². The van der Waals surface area contributed by atoms with Crippen LogP contribution < -0.4 is 21.3 Å². The summed E-state index contributed by atoms with van der Waals surface area (Å²) in [7, 11) is 0. The Labute approximate surface area is 369 Å². The number of rotatable bonds is 23. The second-order valence-electron chi connectivity index (χ2n) is 12.3. The van der Waals surface area contributed by atoms with Crippen LogP contribution in [0.3, 0.4) is 0 Å². The molecule has 1 radical (unpaired) electrons. The van der Waals surface area contributed by atoms with Gasteiger partial charge in [0.1, 0.15) is 24.7 Å². The maximum atomic E-state index is 12.8. The Morgan fingerprint density at radius 2 is 1.17 bits per heavy atom. The number of hydrogen-bond donors (Lipinski definition) is 9. The van der Waals surface area contributed by atoms with Gasteiger partial charge < -0.3 is 57.8 Å². The first-order valence-corrected chi connectivity index (χ1v) is 18.2. The fraction of sp³-hybridized carbons (Fsp3) is 0.545. The van der Waals surface area contributed by atoms with Crippen LogP contribution >= 0.6 is 11.8 Å². The zero-order valence-corrected chi connectivity index (χ0v) is 34.9. The predicted molar refractivity (Wildman–Crippen MR) is 200 cm³/mol. The molecule has 1 heterocycles. The number of carboxylic acid groups (broad SMARTS) is 5. The Morgan fingerprint density at radius 1 is 0.672 bits per heavy atom. The summed E-state index contributed by atoms with van der Waals surface area (Å²) in [4.78, 5) is 113. The first kappa shape index (κ1) is 56.0. The number of nitrogens with zero attached hydrogens (tertiary/aromatic N) is 3. The molecular formula is C33H50N7O16PmS-. The number of carbonyl (C=O) groups excluding carboxylic acids is 4. The number of hydrogen-bond acceptors (Lipinski definition) is 13. The second-order valence-corrected chi connectivity index (χ2v) is 13.4. The summed E-state index contributed by atoms with van der Waals surface area (Å²) in [5.41, 5.74) is 0.510. The minimum absolute atomic E-state index is 0. The van der Waals surface area contributed by atoms with Crippen LogP contribution in [0.4, 0.5) is 5.69 Å². The summed E-state index contributed by atoms with van der Waals surface area (Å²) in [6.45, 7) is -0.519. The van der Waals surface area contributed by atoms with Crippen LogP contribution in [0, 0.1) is 46.5 Å². The van der Waals surface area contributed by atoms with E-state index in [1.807, 2.05) is 0 Å². The molecule has 58 heavy (non-hydrogen) atoms. The van der Waals surface area contributed by atoms with Crippen LogP contribution in [0.5, 0.6) is 0 Å². The molecule has 3 atom stereocenters. The first-order chi connectivity index (χ1) is 26.0. The van der Waals surface area contributed by atoms with Gasteiger partial charge in [-0.25, -0.2) is 4.79 Å². The number of carboxylic acids is 5. The van der Waals surface area contributed by atoms with E-state index in [9.17, 15) is 63.6 Å². The Morgan fingerprint density at radius 3 is 1.66 bits per heavy atom. The van der Waals surface area contributed by atoms with Crippen molar-refractivity contribution < 1.29 is 120 Å². The molecule has 0 saturated carbocycles. The van der Waals surface area contributed by atoms with Crippen molar-refractivity contribution in [3.63, 3.8) is 0 Å². The zero-order chi connectivity index (χ0) is 40.9. The average molecular weight is 978 g/mol. The molecule has 0 spiro atoms. The number of carbonyl (C=O) groups is 9. The van der Waals surface area contributed by atoms with E-state index >= 15 is 0 Å². The van der Waals surface area contributed by atoms with Crippen LogP contribution in [0.2, 0.25) is 0 Å². The Bertz CT molecular complexity index is 1500. The monoisotopic (exact) mass is 977 g/mol. The molecule has 1 aromatic carbocycles.